The molecule has 2 amide bonds. The molecule has 0 bridgehead atoms. The van der Waals surface area contributed by atoms with Crippen LogP contribution in [-0.2, 0) is 10.2 Å². The van der Waals surface area contributed by atoms with Gasteiger partial charge in [0, 0.05) is 30.4 Å². The zero-order valence-corrected chi connectivity index (χ0v) is 19.8. The Morgan fingerprint density at radius 3 is 2.53 bits per heavy atom. The van der Waals surface area contributed by atoms with Crippen LogP contribution in [-0.4, -0.2) is 44.7 Å². The van der Waals surface area contributed by atoms with Crippen LogP contribution in [0.4, 0.5) is 18.9 Å². The largest absolute Gasteiger partial charge is 0.573 e. The summed E-state index contributed by atoms with van der Waals surface area (Å²) in [5, 5.41) is 2.61. The molecule has 3 aromatic rings. The number of ether oxygens (including phenoxy) is 4. The number of halogens is 3. The van der Waals surface area contributed by atoms with E-state index in [0.29, 0.717) is 29.2 Å². The summed E-state index contributed by atoms with van der Waals surface area (Å²) in [4.78, 5) is 28.2. The Bertz CT molecular complexity index is 1440. The van der Waals surface area contributed by atoms with E-state index in [1.807, 2.05) is 24.3 Å². The topological polar surface area (TPSA) is 86.3 Å². The third kappa shape index (κ3) is 3.85. The van der Waals surface area contributed by atoms with Crippen molar-refractivity contribution in [3.8, 4) is 23.0 Å². The lowest BCUT2D eigenvalue weighted by molar-refractivity contribution is -0.274. The number of alkyl halides is 3. The normalized spacial score (nSPS) is 18.8. The molecule has 3 aromatic carbocycles. The van der Waals surface area contributed by atoms with Crippen molar-refractivity contribution < 1.29 is 41.7 Å². The average molecular weight is 526 g/mol. The Morgan fingerprint density at radius 1 is 0.974 bits per heavy atom. The first-order chi connectivity index (χ1) is 18.3. The predicted octanol–water partition coefficient (Wildman–Crippen LogP) is 4.16. The van der Waals surface area contributed by atoms with Gasteiger partial charge in [0.2, 0.25) is 12.7 Å². The summed E-state index contributed by atoms with van der Waals surface area (Å²) in [5.74, 6) is 0.231. The fourth-order valence-electron chi connectivity index (χ4n) is 5.19. The number of anilines is 1. The molecular weight excluding hydrogens is 505 g/mol. The molecule has 6 rings (SSSR count). The number of benzene rings is 3. The predicted molar refractivity (Wildman–Crippen MR) is 128 cm³/mol. The van der Waals surface area contributed by atoms with Gasteiger partial charge in [0.05, 0.1) is 5.56 Å². The smallest absolute Gasteiger partial charge is 0.491 e. The molecule has 1 spiro atoms. The van der Waals surface area contributed by atoms with Crippen molar-refractivity contribution in [1.82, 2.24) is 5.32 Å². The molecule has 0 radical (unpaired) electrons. The molecule has 0 fully saturated rings. The fourth-order valence-corrected chi connectivity index (χ4v) is 5.19. The van der Waals surface area contributed by atoms with Gasteiger partial charge in [-0.2, -0.15) is 0 Å². The molecule has 0 saturated heterocycles. The van der Waals surface area contributed by atoms with Crippen molar-refractivity contribution in [2.45, 2.75) is 18.2 Å². The molecule has 11 heteroatoms. The summed E-state index contributed by atoms with van der Waals surface area (Å²) in [6, 6.07) is 16.1. The summed E-state index contributed by atoms with van der Waals surface area (Å²) in [7, 11) is 0. The van der Waals surface area contributed by atoms with Crippen molar-refractivity contribution in [2.24, 2.45) is 0 Å². The number of amides is 2. The van der Waals surface area contributed by atoms with Crippen LogP contribution in [0.5, 0.6) is 23.0 Å². The van der Waals surface area contributed by atoms with E-state index in [-0.39, 0.29) is 38.0 Å². The van der Waals surface area contributed by atoms with Gasteiger partial charge in [-0.1, -0.05) is 30.3 Å². The zero-order chi connectivity index (χ0) is 26.5. The van der Waals surface area contributed by atoms with Gasteiger partial charge in [-0.15, -0.1) is 13.2 Å². The standard InChI is InChI=1S/C27H21F3N2O6/c28-27(29,30)38-20-9-4-1-6-16(20)24(33)31-10-5-11-32-19-8-3-2-7-17(19)26(25(32)34)14-35-21-13-23-22(12-18(21)26)36-15-37-23/h1-4,6-9,12-13H,5,10-11,14-15H2,(H,31,33). The van der Waals surface area contributed by atoms with Crippen LogP contribution in [0.25, 0.3) is 0 Å². The maximum Gasteiger partial charge on any atom is 0.573 e. The number of fused-ring (bicyclic) bond motifs is 5. The Labute approximate surface area is 214 Å². The van der Waals surface area contributed by atoms with Crippen LogP contribution in [0.2, 0.25) is 0 Å². The summed E-state index contributed by atoms with van der Waals surface area (Å²) < 4.78 is 59.0. The molecule has 3 aliphatic rings. The summed E-state index contributed by atoms with van der Waals surface area (Å²) >= 11 is 0. The SMILES string of the molecule is O=C(NCCCN1C(=O)C2(COc3cc4c(cc32)OCO4)c2ccccc21)c1ccccc1OC(F)(F)F. The third-order valence-corrected chi connectivity index (χ3v) is 6.85. The Morgan fingerprint density at radius 2 is 1.71 bits per heavy atom. The van der Waals surface area contributed by atoms with E-state index in [9.17, 15) is 22.8 Å². The van der Waals surface area contributed by atoms with Crippen LogP contribution >= 0.6 is 0 Å². The Kier molecular flexibility index (Phi) is 5.59. The molecule has 0 aliphatic carbocycles. The molecular formula is C27H21F3N2O6. The highest BCUT2D eigenvalue weighted by Gasteiger charge is 2.57. The summed E-state index contributed by atoms with van der Waals surface area (Å²) in [5.41, 5.74) is 0.983. The third-order valence-electron chi connectivity index (χ3n) is 6.85. The van der Waals surface area contributed by atoms with E-state index in [0.717, 1.165) is 17.3 Å². The van der Waals surface area contributed by atoms with Crippen molar-refractivity contribution in [3.05, 3.63) is 77.4 Å². The Balaban J connectivity index is 1.18. The summed E-state index contributed by atoms with van der Waals surface area (Å²) in [6.07, 6.45) is -4.56. The first-order valence-corrected chi connectivity index (χ1v) is 11.9. The fraction of sp³-hybridized carbons (Fsp3) is 0.259. The van der Waals surface area contributed by atoms with Crippen LogP contribution in [0.3, 0.4) is 0 Å². The molecule has 3 heterocycles. The number of nitrogens with zero attached hydrogens (tertiary/aromatic N) is 1. The van der Waals surface area contributed by atoms with Crippen molar-refractivity contribution in [3.63, 3.8) is 0 Å². The zero-order valence-electron chi connectivity index (χ0n) is 19.8. The van der Waals surface area contributed by atoms with Gasteiger partial charge >= 0.3 is 6.36 Å². The lowest BCUT2D eigenvalue weighted by Gasteiger charge is -2.23. The van der Waals surface area contributed by atoms with Gasteiger partial charge in [0.15, 0.2) is 11.5 Å². The van der Waals surface area contributed by atoms with Crippen LogP contribution in [0, 0.1) is 0 Å². The minimum absolute atomic E-state index is 0.0976. The van der Waals surface area contributed by atoms with Gasteiger partial charge < -0.3 is 29.2 Å². The number of para-hydroxylation sites is 2. The van der Waals surface area contributed by atoms with Gasteiger partial charge in [0.1, 0.15) is 23.5 Å². The molecule has 38 heavy (non-hydrogen) atoms. The van der Waals surface area contributed by atoms with Crippen molar-refractivity contribution in [1.29, 1.82) is 0 Å². The maximum absolute atomic E-state index is 13.9. The van der Waals surface area contributed by atoms with E-state index in [1.54, 1.807) is 17.0 Å². The highest BCUT2D eigenvalue weighted by Crippen LogP contribution is 2.55. The maximum atomic E-state index is 13.9. The number of rotatable bonds is 6. The second-order valence-corrected chi connectivity index (χ2v) is 9.02. The second-order valence-electron chi connectivity index (χ2n) is 9.02. The van der Waals surface area contributed by atoms with Crippen molar-refractivity contribution in [2.75, 3.05) is 31.4 Å². The molecule has 8 nitrogen and oxygen atoms in total. The van der Waals surface area contributed by atoms with Crippen molar-refractivity contribution >= 4 is 17.5 Å². The van der Waals surface area contributed by atoms with Crippen LogP contribution in [0.15, 0.2) is 60.7 Å². The van der Waals surface area contributed by atoms with E-state index >= 15 is 0 Å². The highest BCUT2D eigenvalue weighted by molar-refractivity contribution is 6.11. The molecule has 1 N–H and O–H groups in total. The first-order valence-electron chi connectivity index (χ1n) is 11.9. The number of carbonyl (C=O) groups is 2. The lowest BCUT2D eigenvalue weighted by Crippen LogP contribution is -2.43. The monoisotopic (exact) mass is 526 g/mol. The van der Waals surface area contributed by atoms with Gasteiger partial charge in [-0.25, -0.2) is 0 Å². The molecule has 0 saturated carbocycles. The first kappa shape index (κ1) is 24.0. The van der Waals surface area contributed by atoms with Gasteiger partial charge in [0.25, 0.3) is 5.91 Å². The van der Waals surface area contributed by atoms with Gasteiger partial charge in [-0.3, -0.25) is 9.59 Å². The molecule has 1 atom stereocenters. The second kappa shape index (κ2) is 8.86. The highest BCUT2D eigenvalue weighted by atomic mass is 19.4. The quantitative estimate of drug-likeness (QED) is 0.486. The van der Waals surface area contributed by atoms with E-state index in [2.05, 4.69) is 10.1 Å². The van der Waals surface area contributed by atoms with Gasteiger partial charge in [-0.05, 0) is 36.2 Å². The van der Waals surface area contributed by atoms with E-state index < -0.39 is 23.4 Å². The number of carbonyl (C=O) groups excluding carboxylic acids is 2. The van der Waals surface area contributed by atoms with E-state index in [1.165, 1.54) is 18.2 Å². The minimum Gasteiger partial charge on any atom is -0.491 e. The number of hydrogen-bond acceptors (Lipinski definition) is 6. The average Bonchev–Trinajstić information content (AvgIpc) is 3.56. The van der Waals surface area contributed by atoms with Crippen LogP contribution in [0.1, 0.15) is 27.9 Å². The molecule has 196 valence electrons. The molecule has 0 aromatic heterocycles. The van der Waals surface area contributed by atoms with E-state index in [4.69, 9.17) is 14.2 Å². The number of hydrogen-bond donors (Lipinski definition) is 1. The Hall–Kier alpha value is -4.41. The number of nitrogens with one attached hydrogen (secondary N) is 1. The van der Waals surface area contributed by atoms with Crippen LogP contribution < -0.4 is 29.2 Å². The lowest BCUT2D eigenvalue weighted by atomic mass is 9.77. The molecule has 1 unspecified atom stereocenters. The summed E-state index contributed by atoms with van der Waals surface area (Å²) in [6.45, 7) is 0.632. The minimum atomic E-state index is -4.92. The molecule has 3 aliphatic heterocycles.